The first kappa shape index (κ1) is 17.2. The number of pyridine rings is 1. The summed E-state index contributed by atoms with van der Waals surface area (Å²) in [4.78, 5) is 17.6. The number of amides is 1. The van der Waals surface area contributed by atoms with Gasteiger partial charge in [-0.3, -0.25) is 14.3 Å². The molecule has 0 spiro atoms. The summed E-state index contributed by atoms with van der Waals surface area (Å²) in [7, 11) is 0. The minimum Gasteiger partial charge on any atom is -0.348 e. The lowest BCUT2D eigenvalue weighted by Crippen LogP contribution is -2.27. The average Bonchev–Trinajstić information content (AvgIpc) is 3.18. The Labute approximate surface area is 160 Å². The third-order valence-electron chi connectivity index (χ3n) is 4.18. The first-order chi connectivity index (χ1) is 12.7. The Hall–Kier alpha value is -2.19. The lowest BCUT2D eigenvalue weighted by molar-refractivity contribution is -0.119. The van der Waals surface area contributed by atoms with Crippen LogP contribution in [0.1, 0.15) is 36.7 Å². The Morgan fingerprint density at radius 3 is 2.96 bits per heavy atom. The molecule has 3 aromatic rings. The number of carbonyl (C=O) groups excluding carboxylic acids is 1. The van der Waals surface area contributed by atoms with Gasteiger partial charge in [0.25, 0.3) is 0 Å². The quantitative estimate of drug-likeness (QED) is 0.628. The smallest absolute Gasteiger partial charge is 0.230 e. The van der Waals surface area contributed by atoms with E-state index in [2.05, 4.69) is 25.1 Å². The predicted octanol–water partition coefficient (Wildman–Crippen LogP) is 3.71. The zero-order valence-electron chi connectivity index (χ0n) is 14.3. The van der Waals surface area contributed by atoms with Crippen molar-refractivity contribution in [2.24, 2.45) is 0 Å². The molecule has 1 amide bonds. The van der Waals surface area contributed by atoms with Gasteiger partial charge in [-0.15, -0.1) is 21.5 Å². The summed E-state index contributed by atoms with van der Waals surface area (Å²) in [5.74, 6) is 1.16. The van der Waals surface area contributed by atoms with Crippen molar-refractivity contribution in [2.75, 3.05) is 5.75 Å². The summed E-state index contributed by atoms with van der Waals surface area (Å²) in [5, 5.41) is 14.5. The van der Waals surface area contributed by atoms with E-state index in [9.17, 15) is 4.79 Å². The maximum atomic E-state index is 12.3. The van der Waals surface area contributed by atoms with E-state index in [0.29, 0.717) is 11.8 Å². The average molecular weight is 386 g/mol. The fraction of sp³-hybridized carbons (Fsp3) is 0.333. The zero-order chi connectivity index (χ0) is 17.9. The maximum absolute atomic E-state index is 12.3. The fourth-order valence-electron chi connectivity index (χ4n) is 2.75. The van der Waals surface area contributed by atoms with Gasteiger partial charge in [0.15, 0.2) is 11.0 Å². The molecule has 1 fully saturated rings. The summed E-state index contributed by atoms with van der Waals surface area (Å²) < 4.78 is 2.15. The van der Waals surface area contributed by atoms with Gasteiger partial charge in [-0.05, 0) is 43.3 Å². The summed E-state index contributed by atoms with van der Waals surface area (Å²) in [5.41, 5.74) is 0.953. The zero-order valence-corrected chi connectivity index (χ0v) is 16.0. The molecule has 1 N–H and O–H groups in total. The van der Waals surface area contributed by atoms with Crippen LogP contribution in [0.2, 0.25) is 0 Å². The van der Waals surface area contributed by atoms with Crippen LogP contribution >= 0.6 is 23.1 Å². The van der Waals surface area contributed by atoms with E-state index < -0.39 is 0 Å². The van der Waals surface area contributed by atoms with Crippen LogP contribution < -0.4 is 5.32 Å². The van der Waals surface area contributed by atoms with Crippen LogP contribution in [0.4, 0.5) is 0 Å². The lowest BCUT2D eigenvalue weighted by atomic mass is 10.3. The Morgan fingerprint density at radius 1 is 1.38 bits per heavy atom. The summed E-state index contributed by atoms with van der Waals surface area (Å²) in [6, 6.07) is 8.36. The van der Waals surface area contributed by atoms with Gasteiger partial charge in [-0.25, -0.2) is 0 Å². The highest BCUT2D eigenvalue weighted by molar-refractivity contribution is 7.99. The van der Waals surface area contributed by atoms with Crippen molar-refractivity contribution >= 4 is 29.0 Å². The van der Waals surface area contributed by atoms with Crippen LogP contribution in [0.5, 0.6) is 0 Å². The van der Waals surface area contributed by atoms with Crippen molar-refractivity contribution in [3.8, 4) is 11.4 Å². The molecule has 0 radical (unpaired) electrons. The van der Waals surface area contributed by atoms with E-state index >= 15 is 0 Å². The number of hydrogen-bond acceptors (Lipinski definition) is 6. The molecule has 0 bridgehead atoms. The molecule has 3 aromatic heterocycles. The molecule has 0 unspecified atom stereocenters. The molecular weight excluding hydrogens is 366 g/mol. The minimum absolute atomic E-state index is 0.00387. The van der Waals surface area contributed by atoms with Crippen molar-refractivity contribution in [1.29, 1.82) is 0 Å². The van der Waals surface area contributed by atoms with Gasteiger partial charge in [0.2, 0.25) is 5.91 Å². The molecule has 1 saturated carbocycles. The van der Waals surface area contributed by atoms with Crippen LogP contribution in [0.25, 0.3) is 11.4 Å². The second kappa shape index (κ2) is 7.59. The van der Waals surface area contributed by atoms with Gasteiger partial charge in [-0.1, -0.05) is 17.8 Å². The lowest BCUT2D eigenvalue weighted by Gasteiger charge is -2.12. The Balaban J connectivity index is 1.44. The highest BCUT2D eigenvalue weighted by atomic mass is 32.2. The predicted molar refractivity (Wildman–Crippen MR) is 103 cm³/mol. The third-order valence-corrected chi connectivity index (χ3v) is 6.17. The van der Waals surface area contributed by atoms with Crippen LogP contribution in [-0.2, 0) is 4.79 Å². The number of nitrogens with zero attached hydrogens (tertiary/aromatic N) is 4. The highest BCUT2D eigenvalue weighted by Gasteiger charge is 2.30. The van der Waals surface area contributed by atoms with Crippen molar-refractivity contribution in [1.82, 2.24) is 25.1 Å². The number of thiophene rings is 1. The third kappa shape index (κ3) is 3.81. The molecule has 8 heteroatoms. The number of hydrogen-bond donors (Lipinski definition) is 1. The van der Waals surface area contributed by atoms with Gasteiger partial charge in [0.05, 0.1) is 11.8 Å². The molecule has 1 aliphatic rings. The maximum Gasteiger partial charge on any atom is 0.230 e. The standard InChI is InChI=1S/C18H19N5OS2/c1-12(15-5-3-9-25-15)20-16(24)11-26-18-22-21-17(23(18)14-6-7-14)13-4-2-8-19-10-13/h2-5,8-10,12,14H,6-7,11H2,1H3,(H,20,24)/t12-/m0/s1. The largest absolute Gasteiger partial charge is 0.348 e. The first-order valence-electron chi connectivity index (χ1n) is 8.53. The SMILES string of the molecule is C[C@H](NC(=O)CSc1nnc(-c2cccnc2)n1C1CC1)c1cccs1. The number of carbonyl (C=O) groups is 1. The molecule has 4 rings (SSSR count). The molecule has 0 aromatic carbocycles. The van der Waals surface area contributed by atoms with Crippen LogP contribution in [0, 0.1) is 0 Å². The van der Waals surface area contributed by atoms with Crippen molar-refractivity contribution in [3.05, 3.63) is 46.9 Å². The van der Waals surface area contributed by atoms with Crippen molar-refractivity contribution in [2.45, 2.75) is 37.0 Å². The van der Waals surface area contributed by atoms with Crippen molar-refractivity contribution in [3.63, 3.8) is 0 Å². The Kier molecular flexibility index (Phi) is 5.03. The summed E-state index contributed by atoms with van der Waals surface area (Å²) in [6.45, 7) is 2.00. The molecule has 0 saturated heterocycles. The van der Waals surface area contributed by atoms with Crippen molar-refractivity contribution < 1.29 is 4.79 Å². The molecule has 6 nitrogen and oxygen atoms in total. The molecule has 134 valence electrons. The molecule has 1 aliphatic carbocycles. The van der Waals surface area contributed by atoms with E-state index in [4.69, 9.17) is 0 Å². The van der Waals surface area contributed by atoms with Crippen LogP contribution in [-0.4, -0.2) is 31.4 Å². The molecular formula is C18H19N5OS2. The monoisotopic (exact) mass is 385 g/mol. The molecule has 0 aliphatic heterocycles. The second-order valence-electron chi connectivity index (χ2n) is 6.24. The van der Waals surface area contributed by atoms with Crippen LogP contribution in [0.15, 0.2) is 47.2 Å². The minimum atomic E-state index is 0.00387. The second-order valence-corrected chi connectivity index (χ2v) is 8.16. The van der Waals surface area contributed by atoms with E-state index in [0.717, 1.165) is 34.3 Å². The normalized spacial score (nSPS) is 15.0. The fourth-order valence-corrected chi connectivity index (χ4v) is 4.30. The molecule has 1 atom stereocenters. The summed E-state index contributed by atoms with van der Waals surface area (Å²) >= 11 is 3.09. The number of aromatic nitrogens is 4. The van der Waals surface area contributed by atoms with Gasteiger partial charge >= 0.3 is 0 Å². The summed E-state index contributed by atoms with van der Waals surface area (Å²) in [6.07, 6.45) is 5.80. The first-order valence-corrected chi connectivity index (χ1v) is 10.4. The Bertz CT molecular complexity index is 874. The van der Waals surface area contributed by atoms with E-state index in [1.165, 1.54) is 11.8 Å². The molecule has 26 heavy (non-hydrogen) atoms. The molecule has 3 heterocycles. The number of nitrogens with one attached hydrogen (secondary N) is 1. The highest BCUT2D eigenvalue weighted by Crippen LogP contribution is 2.40. The van der Waals surface area contributed by atoms with E-state index in [1.807, 2.05) is 36.6 Å². The van der Waals surface area contributed by atoms with E-state index in [1.54, 1.807) is 23.7 Å². The van der Waals surface area contributed by atoms with Gasteiger partial charge in [0, 0.05) is 28.9 Å². The topological polar surface area (TPSA) is 72.7 Å². The van der Waals surface area contributed by atoms with Crippen LogP contribution in [0.3, 0.4) is 0 Å². The number of rotatable bonds is 7. The Morgan fingerprint density at radius 2 is 2.27 bits per heavy atom. The van der Waals surface area contributed by atoms with Gasteiger partial charge < -0.3 is 5.32 Å². The van der Waals surface area contributed by atoms with Gasteiger partial charge in [-0.2, -0.15) is 0 Å². The van der Waals surface area contributed by atoms with Gasteiger partial charge in [0.1, 0.15) is 0 Å². The van der Waals surface area contributed by atoms with E-state index in [-0.39, 0.29) is 11.9 Å². The number of thioether (sulfide) groups is 1.